The van der Waals surface area contributed by atoms with Gasteiger partial charge in [0.05, 0.1) is 6.10 Å². The van der Waals surface area contributed by atoms with Crippen molar-refractivity contribution >= 4 is 5.97 Å². The maximum Gasteiger partial charge on any atom is 0.313 e. The highest BCUT2D eigenvalue weighted by Crippen LogP contribution is 2.36. The van der Waals surface area contributed by atoms with Crippen molar-refractivity contribution in [3.63, 3.8) is 0 Å². The van der Waals surface area contributed by atoms with Crippen LogP contribution < -0.4 is 0 Å². The van der Waals surface area contributed by atoms with E-state index in [4.69, 9.17) is 0 Å². The van der Waals surface area contributed by atoms with E-state index in [2.05, 4.69) is 23.1 Å². The Labute approximate surface area is 144 Å². The molecule has 0 aliphatic carbocycles. The van der Waals surface area contributed by atoms with Crippen LogP contribution >= 0.6 is 0 Å². The van der Waals surface area contributed by atoms with Gasteiger partial charge in [0, 0.05) is 19.6 Å². The van der Waals surface area contributed by atoms with Gasteiger partial charge in [0.2, 0.25) is 0 Å². The first kappa shape index (κ1) is 18.7. The fourth-order valence-corrected chi connectivity index (χ4v) is 3.45. The summed E-state index contributed by atoms with van der Waals surface area (Å²) in [6, 6.07) is 10.1. The standard InChI is InChI=1S/C20H29NO3/c1-16(2)10-13-21-14-11-18(22)20(15-21,19(23)24)12-6-9-17-7-4-3-5-8-17/h3-5,7-8,10,18,22H,6,9,11-15H2,1-2H3,(H,23,24)/t18-,20+/m0/s1. The molecule has 1 heterocycles. The van der Waals surface area contributed by atoms with E-state index in [-0.39, 0.29) is 0 Å². The number of benzene rings is 1. The Balaban J connectivity index is 2.03. The highest BCUT2D eigenvalue weighted by atomic mass is 16.4. The minimum absolute atomic E-state index is 0.419. The molecule has 1 aromatic carbocycles. The lowest BCUT2D eigenvalue weighted by molar-refractivity contribution is -0.164. The highest BCUT2D eigenvalue weighted by Gasteiger charge is 2.48. The van der Waals surface area contributed by atoms with Gasteiger partial charge in [-0.05, 0) is 45.1 Å². The lowest BCUT2D eigenvalue weighted by Crippen LogP contribution is -2.56. The summed E-state index contributed by atoms with van der Waals surface area (Å²) < 4.78 is 0. The fraction of sp³-hybridized carbons (Fsp3) is 0.550. The molecule has 1 aromatic rings. The summed E-state index contributed by atoms with van der Waals surface area (Å²) in [7, 11) is 0. The molecule has 1 aliphatic heterocycles. The Bertz CT molecular complexity index is 566. The summed E-state index contributed by atoms with van der Waals surface area (Å²) in [5, 5.41) is 20.3. The van der Waals surface area contributed by atoms with E-state index < -0.39 is 17.5 Å². The third-order valence-corrected chi connectivity index (χ3v) is 4.98. The molecule has 4 heteroatoms. The zero-order chi connectivity index (χ0) is 17.6. The second-order valence-corrected chi connectivity index (χ2v) is 7.12. The van der Waals surface area contributed by atoms with Crippen molar-refractivity contribution < 1.29 is 15.0 Å². The lowest BCUT2D eigenvalue weighted by Gasteiger charge is -2.43. The van der Waals surface area contributed by atoms with Crippen LogP contribution in [0.1, 0.15) is 38.7 Å². The van der Waals surface area contributed by atoms with Gasteiger partial charge < -0.3 is 10.2 Å². The number of aliphatic hydroxyl groups excluding tert-OH is 1. The van der Waals surface area contributed by atoms with E-state index >= 15 is 0 Å². The SMILES string of the molecule is CC(C)=CCN1CC[C@H](O)[C@](CCCc2ccccc2)(C(=O)O)C1. The van der Waals surface area contributed by atoms with Gasteiger partial charge in [0.15, 0.2) is 0 Å². The van der Waals surface area contributed by atoms with Crippen molar-refractivity contribution in [1.82, 2.24) is 4.90 Å². The van der Waals surface area contributed by atoms with E-state index in [1.54, 1.807) is 0 Å². The van der Waals surface area contributed by atoms with Crippen LogP contribution in [-0.2, 0) is 11.2 Å². The van der Waals surface area contributed by atoms with Crippen molar-refractivity contribution in [1.29, 1.82) is 0 Å². The van der Waals surface area contributed by atoms with Gasteiger partial charge in [-0.3, -0.25) is 9.69 Å². The molecule has 4 nitrogen and oxygen atoms in total. The molecule has 0 amide bonds. The monoisotopic (exact) mass is 331 g/mol. The number of carbonyl (C=O) groups is 1. The van der Waals surface area contributed by atoms with Gasteiger partial charge in [-0.25, -0.2) is 0 Å². The van der Waals surface area contributed by atoms with Crippen molar-refractivity contribution in [2.75, 3.05) is 19.6 Å². The molecule has 132 valence electrons. The van der Waals surface area contributed by atoms with Crippen LogP contribution in [-0.4, -0.2) is 46.8 Å². The molecule has 1 saturated heterocycles. The van der Waals surface area contributed by atoms with Gasteiger partial charge in [-0.1, -0.05) is 42.0 Å². The molecule has 2 rings (SSSR count). The van der Waals surface area contributed by atoms with Crippen molar-refractivity contribution in [3.05, 3.63) is 47.5 Å². The Hall–Kier alpha value is -1.65. The van der Waals surface area contributed by atoms with Crippen LogP contribution in [0.25, 0.3) is 0 Å². The number of allylic oxidation sites excluding steroid dienone is 1. The first-order valence-corrected chi connectivity index (χ1v) is 8.75. The van der Waals surface area contributed by atoms with Gasteiger partial charge >= 0.3 is 5.97 Å². The number of piperidine rings is 1. The van der Waals surface area contributed by atoms with Crippen molar-refractivity contribution in [2.24, 2.45) is 5.41 Å². The number of hydrogen-bond donors (Lipinski definition) is 2. The Morgan fingerprint density at radius 3 is 2.67 bits per heavy atom. The maximum atomic E-state index is 12.0. The van der Waals surface area contributed by atoms with Crippen LogP contribution in [0.2, 0.25) is 0 Å². The second kappa shape index (κ2) is 8.45. The summed E-state index contributed by atoms with van der Waals surface area (Å²) in [5.74, 6) is -0.870. The maximum absolute atomic E-state index is 12.0. The molecular formula is C20H29NO3. The number of nitrogens with zero attached hydrogens (tertiary/aromatic N) is 1. The largest absolute Gasteiger partial charge is 0.481 e. The smallest absolute Gasteiger partial charge is 0.313 e. The zero-order valence-corrected chi connectivity index (χ0v) is 14.7. The number of aliphatic hydroxyl groups is 1. The number of carboxylic acids is 1. The third-order valence-electron chi connectivity index (χ3n) is 4.98. The van der Waals surface area contributed by atoms with Gasteiger partial charge in [-0.15, -0.1) is 0 Å². The van der Waals surface area contributed by atoms with Crippen LogP contribution in [0.15, 0.2) is 42.0 Å². The van der Waals surface area contributed by atoms with Gasteiger partial charge in [-0.2, -0.15) is 0 Å². The quantitative estimate of drug-likeness (QED) is 0.754. The van der Waals surface area contributed by atoms with E-state index in [0.717, 1.165) is 25.9 Å². The fourth-order valence-electron chi connectivity index (χ4n) is 3.45. The van der Waals surface area contributed by atoms with Gasteiger partial charge in [0.25, 0.3) is 0 Å². The molecule has 0 radical (unpaired) electrons. The molecule has 0 saturated carbocycles. The predicted molar refractivity (Wildman–Crippen MR) is 95.9 cm³/mol. The van der Waals surface area contributed by atoms with Crippen LogP contribution in [0.3, 0.4) is 0 Å². The van der Waals surface area contributed by atoms with E-state index in [0.29, 0.717) is 19.4 Å². The Morgan fingerprint density at radius 2 is 2.04 bits per heavy atom. The number of rotatable bonds is 7. The minimum atomic E-state index is -1.05. The second-order valence-electron chi connectivity index (χ2n) is 7.12. The molecule has 0 spiro atoms. The summed E-state index contributed by atoms with van der Waals surface area (Å²) in [4.78, 5) is 14.2. The van der Waals surface area contributed by atoms with Crippen molar-refractivity contribution in [3.8, 4) is 0 Å². The number of hydrogen-bond acceptors (Lipinski definition) is 3. The number of aryl methyl sites for hydroxylation is 1. The minimum Gasteiger partial charge on any atom is -0.481 e. The van der Waals surface area contributed by atoms with E-state index in [1.165, 1.54) is 11.1 Å². The van der Waals surface area contributed by atoms with Gasteiger partial charge in [0.1, 0.15) is 5.41 Å². The van der Waals surface area contributed by atoms with Crippen LogP contribution in [0.5, 0.6) is 0 Å². The van der Waals surface area contributed by atoms with E-state index in [1.807, 2.05) is 32.0 Å². The molecule has 0 bridgehead atoms. The highest BCUT2D eigenvalue weighted by molar-refractivity contribution is 5.76. The lowest BCUT2D eigenvalue weighted by atomic mass is 9.73. The van der Waals surface area contributed by atoms with Crippen LogP contribution in [0, 0.1) is 5.41 Å². The molecule has 1 aliphatic rings. The molecule has 2 atom stereocenters. The summed E-state index contributed by atoms with van der Waals surface area (Å²) in [5.41, 5.74) is 1.39. The normalized spacial score (nSPS) is 24.5. The molecule has 1 fully saturated rings. The average molecular weight is 331 g/mol. The van der Waals surface area contributed by atoms with Crippen LogP contribution in [0.4, 0.5) is 0 Å². The molecule has 0 unspecified atom stereocenters. The molecular weight excluding hydrogens is 302 g/mol. The Morgan fingerprint density at radius 1 is 1.33 bits per heavy atom. The molecule has 0 aromatic heterocycles. The number of carboxylic acid groups (broad SMARTS) is 1. The summed E-state index contributed by atoms with van der Waals surface area (Å²) in [6.07, 6.45) is 3.99. The van der Waals surface area contributed by atoms with Crippen molar-refractivity contribution in [2.45, 2.75) is 45.6 Å². The predicted octanol–water partition coefficient (Wildman–Crippen LogP) is 3.11. The Kier molecular flexibility index (Phi) is 6.58. The first-order valence-electron chi connectivity index (χ1n) is 8.75. The molecule has 24 heavy (non-hydrogen) atoms. The third kappa shape index (κ3) is 4.68. The summed E-state index contributed by atoms with van der Waals surface area (Å²) >= 11 is 0. The first-order chi connectivity index (χ1) is 11.4. The number of likely N-dealkylation sites (tertiary alicyclic amines) is 1. The summed E-state index contributed by atoms with van der Waals surface area (Å²) in [6.45, 7) is 6.01. The zero-order valence-electron chi connectivity index (χ0n) is 14.7. The number of aliphatic carboxylic acids is 1. The molecule has 2 N–H and O–H groups in total. The topological polar surface area (TPSA) is 60.8 Å². The average Bonchev–Trinajstić information content (AvgIpc) is 2.56. The van der Waals surface area contributed by atoms with E-state index in [9.17, 15) is 15.0 Å².